The highest BCUT2D eigenvalue weighted by Crippen LogP contribution is 2.30. The van der Waals surface area contributed by atoms with E-state index < -0.39 is 5.97 Å². The fourth-order valence-corrected chi connectivity index (χ4v) is 4.22. The first kappa shape index (κ1) is 21.3. The molecule has 164 valence electrons. The number of rotatable bonds is 9. The summed E-state index contributed by atoms with van der Waals surface area (Å²) in [6.07, 6.45) is 2.15. The number of para-hydroxylation sites is 2. The molecule has 0 atom stereocenters. The molecular formula is C24H29N3O4. The number of piperidine rings is 1. The third-order valence-corrected chi connectivity index (χ3v) is 5.93. The van der Waals surface area contributed by atoms with Gasteiger partial charge in [0.05, 0.1) is 23.2 Å². The molecule has 31 heavy (non-hydrogen) atoms. The van der Waals surface area contributed by atoms with Gasteiger partial charge in [-0.3, -0.25) is 4.90 Å². The largest absolute Gasteiger partial charge is 0.492 e. The number of methoxy groups -OCH3 is 1. The maximum absolute atomic E-state index is 10.9. The summed E-state index contributed by atoms with van der Waals surface area (Å²) in [6, 6.07) is 14.9. The number of nitrogens with zero attached hydrogens (tertiary/aromatic N) is 3. The number of carboxylic acids is 1. The molecule has 1 aliphatic heterocycles. The third-order valence-electron chi connectivity index (χ3n) is 5.93. The van der Waals surface area contributed by atoms with Crippen LogP contribution in [0.3, 0.4) is 0 Å². The van der Waals surface area contributed by atoms with E-state index in [0.29, 0.717) is 24.9 Å². The molecule has 7 nitrogen and oxygen atoms in total. The van der Waals surface area contributed by atoms with Crippen molar-refractivity contribution in [2.45, 2.75) is 25.3 Å². The van der Waals surface area contributed by atoms with Gasteiger partial charge in [0.2, 0.25) is 0 Å². The van der Waals surface area contributed by atoms with Gasteiger partial charge in [0.1, 0.15) is 18.2 Å². The van der Waals surface area contributed by atoms with Crippen molar-refractivity contribution in [1.82, 2.24) is 14.5 Å². The topological polar surface area (TPSA) is 76.8 Å². The molecule has 0 spiro atoms. The molecule has 1 aliphatic rings. The van der Waals surface area contributed by atoms with Gasteiger partial charge in [-0.1, -0.05) is 12.1 Å². The summed E-state index contributed by atoms with van der Waals surface area (Å²) in [5, 5.41) is 8.97. The quantitative estimate of drug-likeness (QED) is 0.566. The van der Waals surface area contributed by atoms with Gasteiger partial charge in [-0.2, -0.15) is 0 Å². The number of hydrogen-bond donors (Lipinski definition) is 1. The lowest BCUT2D eigenvalue weighted by molar-refractivity contribution is 0.0697. The maximum Gasteiger partial charge on any atom is 0.335 e. The zero-order valence-electron chi connectivity index (χ0n) is 17.9. The molecule has 2 aromatic carbocycles. The molecule has 0 saturated carbocycles. The van der Waals surface area contributed by atoms with Gasteiger partial charge in [-0.05, 0) is 62.3 Å². The lowest BCUT2D eigenvalue weighted by atomic mass is 9.96. The van der Waals surface area contributed by atoms with E-state index in [9.17, 15) is 4.79 Å². The van der Waals surface area contributed by atoms with Crippen LogP contribution < -0.4 is 4.74 Å². The maximum atomic E-state index is 10.9. The lowest BCUT2D eigenvalue weighted by Gasteiger charge is -2.31. The number of aromatic carboxylic acids is 1. The molecular weight excluding hydrogens is 394 g/mol. The van der Waals surface area contributed by atoms with Gasteiger partial charge < -0.3 is 19.1 Å². The van der Waals surface area contributed by atoms with E-state index in [2.05, 4.69) is 27.7 Å². The van der Waals surface area contributed by atoms with E-state index in [1.807, 2.05) is 6.07 Å². The fourth-order valence-electron chi connectivity index (χ4n) is 4.22. The summed E-state index contributed by atoms with van der Waals surface area (Å²) in [5.74, 6) is 1.40. The Labute approximate surface area is 182 Å². The van der Waals surface area contributed by atoms with E-state index in [-0.39, 0.29) is 5.56 Å². The first-order chi connectivity index (χ1) is 15.2. The van der Waals surface area contributed by atoms with Crippen LogP contribution in [-0.4, -0.2) is 65.5 Å². The highest BCUT2D eigenvalue weighted by Gasteiger charge is 2.25. The van der Waals surface area contributed by atoms with Crippen LogP contribution in [-0.2, 0) is 11.3 Å². The van der Waals surface area contributed by atoms with Crippen molar-refractivity contribution < 1.29 is 19.4 Å². The fraction of sp³-hybridized carbons (Fsp3) is 0.417. The van der Waals surface area contributed by atoms with Crippen LogP contribution in [0.4, 0.5) is 0 Å². The summed E-state index contributed by atoms with van der Waals surface area (Å²) in [6.45, 7) is 4.97. The van der Waals surface area contributed by atoms with Crippen LogP contribution in [0.1, 0.15) is 34.9 Å². The lowest BCUT2D eigenvalue weighted by Crippen LogP contribution is -2.36. The summed E-state index contributed by atoms with van der Waals surface area (Å²) >= 11 is 0. The second-order valence-electron chi connectivity index (χ2n) is 7.90. The Hall–Kier alpha value is -2.90. The molecule has 0 bridgehead atoms. The van der Waals surface area contributed by atoms with E-state index >= 15 is 0 Å². The number of benzene rings is 2. The zero-order valence-corrected chi connectivity index (χ0v) is 17.9. The number of fused-ring (bicyclic) bond motifs is 1. The van der Waals surface area contributed by atoms with Gasteiger partial charge in [-0.15, -0.1) is 0 Å². The van der Waals surface area contributed by atoms with E-state index in [1.54, 1.807) is 31.4 Å². The Bertz CT molecular complexity index is 1010. The molecule has 1 fully saturated rings. The summed E-state index contributed by atoms with van der Waals surface area (Å²) in [5.41, 5.74) is 2.50. The number of carboxylic acid groups (broad SMARTS) is 1. The first-order valence-corrected chi connectivity index (χ1v) is 10.8. The minimum absolute atomic E-state index is 0.269. The predicted octanol–water partition coefficient (Wildman–Crippen LogP) is 3.64. The molecule has 0 unspecified atom stereocenters. The second-order valence-corrected chi connectivity index (χ2v) is 7.90. The normalized spacial score (nSPS) is 15.4. The van der Waals surface area contributed by atoms with Crippen LogP contribution in [0.5, 0.6) is 5.75 Å². The smallest absolute Gasteiger partial charge is 0.335 e. The molecule has 0 aliphatic carbocycles. The summed E-state index contributed by atoms with van der Waals surface area (Å²) < 4.78 is 13.4. The summed E-state index contributed by atoms with van der Waals surface area (Å²) in [4.78, 5) is 18.3. The standard InChI is InChI=1S/C24H29N3O4/c1-30-16-15-27-22-5-3-2-4-21(22)25-23(27)18-10-12-26(13-11-18)14-17-31-20-8-6-19(7-9-20)24(28)29/h2-9,18H,10-17H2,1H3,(H,28,29). The third kappa shape index (κ3) is 5.06. The Morgan fingerprint density at radius 2 is 1.81 bits per heavy atom. The molecule has 7 heteroatoms. The summed E-state index contributed by atoms with van der Waals surface area (Å²) in [7, 11) is 1.74. The Kier molecular flexibility index (Phi) is 6.84. The average Bonchev–Trinajstić information content (AvgIpc) is 3.17. The van der Waals surface area contributed by atoms with E-state index in [1.165, 1.54) is 11.3 Å². The molecule has 3 aromatic rings. The molecule has 4 rings (SSSR count). The van der Waals surface area contributed by atoms with Crippen molar-refractivity contribution in [2.75, 3.05) is 40.0 Å². The van der Waals surface area contributed by atoms with Crippen LogP contribution in [0.2, 0.25) is 0 Å². The predicted molar refractivity (Wildman–Crippen MR) is 119 cm³/mol. The van der Waals surface area contributed by atoms with Crippen LogP contribution in [0.25, 0.3) is 11.0 Å². The Morgan fingerprint density at radius 1 is 1.06 bits per heavy atom. The molecule has 2 heterocycles. The van der Waals surface area contributed by atoms with Gasteiger partial charge in [0, 0.05) is 26.1 Å². The van der Waals surface area contributed by atoms with Crippen molar-refractivity contribution in [2.24, 2.45) is 0 Å². The van der Waals surface area contributed by atoms with Crippen molar-refractivity contribution in [3.63, 3.8) is 0 Å². The van der Waals surface area contributed by atoms with Crippen molar-refractivity contribution in [1.29, 1.82) is 0 Å². The van der Waals surface area contributed by atoms with Crippen LogP contribution >= 0.6 is 0 Å². The number of carbonyl (C=O) groups is 1. The first-order valence-electron chi connectivity index (χ1n) is 10.8. The number of likely N-dealkylation sites (tertiary alicyclic amines) is 1. The van der Waals surface area contributed by atoms with Crippen molar-refractivity contribution in [3.05, 3.63) is 59.9 Å². The van der Waals surface area contributed by atoms with Gasteiger partial charge in [-0.25, -0.2) is 9.78 Å². The number of aromatic nitrogens is 2. The van der Waals surface area contributed by atoms with E-state index in [0.717, 1.165) is 44.5 Å². The Balaban J connectivity index is 1.31. The average molecular weight is 424 g/mol. The van der Waals surface area contributed by atoms with Gasteiger partial charge >= 0.3 is 5.97 Å². The van der Waals surface area contributed by atoms with Crippen molar-refractivity contribution >= 4 is 17.0 Å². The van der Waals surface area contributed by atoms with Gasteiger partial charge in [0.15, 0.2) is 0 Å². The monoisotopic (exact) mass is 423 g/mol. The van der Waals surface area contributed by atoms with Crippen LogP contribution in [0.15, 0.2) is 48.5 Å². The molecule has 0 amide bonds. The Morgan fingerprint density at radius 3 is 2.52 bits per heavy atom. The number of imidazole rings is 1. The zero-order chi connectivity index (χ0) is 21.6. The second kappa shape index (κ2) is 9.94. The SMILES string of the molecule is COCCn1c(C2CCN(CCOc3ccc(C(=O)O)cc3)CC2)nc2ccccc21. The highest BCUT2D eigenvalue weighted by atomic mass is 16.5. The van der Waals surface area contributed by atoms with Crippen LogP contribution in [0, 0.1) is 0 Å². The number of ether oxygens (including phenoxy) is 2. The minimum Gasteiger partial charge on any atom is -0.492 e. The molecule has 1 N–H and O–H groups in total. The van der Waals surface area contributed by atoms with Gasteiger partial charge in [0.25, 0.3) is 0 Å². The number of hydrogen-bond acceptors (Lipinski definition) is 5. The molecule has 1 aromatic heterocycles. The molecule has 0 radical (unpaired) electrons. The molecule has 1 saturated heterocycles. The van der Waals surface area contributed by atoms with Crippen molar-refractivity contribution in [3.8, 4) is 5.75 Å². The van der Waals surface area contributed by atoms with E-state index in [4.69, 9.17) is 19.6 Å². The highest BCUT2D eigenvalue weighted by molar-refractivity contribution is 5.87. The minimum atomic E-state index is -0.926.